The summed E-state index contributed by atoms with van der Waals surface area (Å²) in [6.45, 7) is 5.88. The zero-order valence-electron chi connectivity index (χ0n) is 15.3. The van der Waals surface area contributed by atoms with Crippen molar-refractivity contribution < 1.29 is 33.8 Å². The van der Waals surface area contributed by atoms with Crippen LogP contribution < -0.4 is 5.32 Å². The van der Waals surface area contributed by atoms with E-state index in [1.54, 1.807) is 6.92 Å². The number of epoxide rings is 1. The Hall–Kier alpha value is -2.16. The molecule has 9 nitrogen and oxygen atoms in total. The Morgan fingerprint density at radius 3 is 2.54 bits per heavy atom. The second kappa shape index (κ2) is 8.48. The van der Waals surface area contributed by atoms with Crippen molar-refractivity contribution in [3.63, 3.8) is 0 Å². The number of likely N-dealkylation sites (tertiary alicyclic amines) is 1. The molecule has 0 radical (unpaired) electrons. The van der Waals surface area contributed by atoms with Gasteiger partial charge >= 0.3 is 11.9 Å². The Morgan fingerprint density at radius 2 is 1.96 bits per heavy atom. The lowest BCUT2D eigenvalue weighted by molar-refractivity contribution is -0.150. The van der Waals surface area contributed by atoms with Crippen molar-refractivity contribution >= 4 is 23.8 Å². The van der Waals surface area contributed by atoms with E-state index in [4.69, 9.17) is 9.47 Å². The SMILES string of the molecule is CCOC(=O)[C@H]1O[C@@H]1C(=O)NC(C(=O)N1CCCC1C(=O)O)C(C)CC. The quantitative estimate of drug-likeness (QED) is 0.452. The van der Waals surface area contributed by atoms with Gasteiger partial charge in [-0.2, -0.15) is 0 Å². The Bertz CT molecular complexity index is 579. The number of hydrogen-bond donors (Lipinski definition) is 2. The smallest absolute Gasteiger partial charge is 0.338 e. The first-order valence-corrected chi connectivity index (χ1v) is 8.97. The summed E-state index contributed by atoms with van der Waals surface area (Å²) in [6, 6.07) is -1.73. The molecular formula is C17H26N2O7. The lowest BCUT2D eigenvalue weighted by Crippen LogP contribution is -2.55. The molecule has 2 N–H and O–H groups in total. The highest BCUT2D eigenvalue weighted by atomic mass is 16.6. The van der Waals surface area contributed by atoms with Gasteiger partial charge in [0.2, 0.25) is 5.91 Å². The third kappa shape index (κ3) is 4.32. The van der Waals surface area contributed by atoms with E-state index in [-0.39, 0.29) is 12.5 Å². The molecule has 5 atom stereocenters. The first kappa shape index (κ1) is 20.2. The number of nitrogens with one attached hydrogen (secondary N) is 1. The van der Waals surface area contributed by atoms with E-state index in [1.165, 1.54) is 4.90 Å². The number of esters is 1. The summed E-state index contributed by atoms with van der Waals surface area (Å²) in [5.41, 5.74) is 0. The molecule has 0 aliphatic carbocycles. The minimum atomic E-state index is -1.04. The fourth-order valence-corrected chi connectivity index (χ4v) is 3.10. The normalized spacial score (nSPS) is 26.7. The van der Waals surface area contributed by atoms with Gasteiger partial charge in [-0.25, -0.2) is 9.59 Å². The van der Waals surface area contributed by atoms with Crippen molar-refractivity contribution in [2.75, 3.05) is 13.2 Å². The zero-order chi connectivity index (χ0) is 19.4. The number of amides is 2. The van der Waals surface area contributed by atoms with Gasteiger partial charge in [-0.15, -0.1) is 0 Å². The molecule has 26 heavy (non-hydrogen) atoms. The highest BCUT2D eigenvalue weighted by Crippen LogP contribution is 2.25. The van der Waals surface area contributed by atoms with Crippen molar-refractivity contribution in [3.8, 4) is 0 Å². The number of nitrogens with zero attached hydrogens (tertiary/aromatic N) is 1. The lowest BCUT2D eigenvalue weighted by atomic mass is 9.97. The van der Waals surface area contributed by atoms with Crippen LogP contribution in [0.5, 0.6) is 0 Å². The van der Waals surface area contributed by atoms with Gasteiger partial charge in [0.25, 0.3) is 5.91 Å². The summed E-state index contributed by atoms with van der Waals surface area (Å²) in [5.74, 6) is -2.82. The van der Waals surface area contributed by atoms with E-state index < -0.39 is 48.0 Å². The molecule has 0 aromatic carbocycles. The summed E-state index contributed by atoms with van der Waals surface area (Å²) in [4.78, 5) is 49.5. The van der Waals surface area contributed by atoms with E-state index in [9.17, 15) is 24.3 Å². The van der Waals surface area contributed by atoms with Crippen LogP contribution in [0.15, 0.2) is 0 Å². The summed E-state index contributed by atoms with van der Waals surface area (Å²) in [5, 5.41) is 11.9. The van der Waals surface area contributed by atoms with Crippen molar-refractivity contribution in [1.82, 2.24) is 10.2 Å². The van der Waals surface area contributed by atoms with Gasteiger partial charge in [-0.05, 0) is 25.7 Å². The third-order valence-corrected chi connectivity index (χ3v) is 4.87. The van der Waals surface area contributed by atoms with Crippen LogP contribution in [0, 0.1) is 5.92 Å². The average molecular weight is 370 g/mol. The third-order valence-electron chi connectivity index (χ3n) is 4.87. The Balaban J connectivity index is 2.04. The van der Waals surface area contributed by atoms with Gasteiger partial charge in [0.15, 0.2) is 12.2 Å². The molecule has 3 unspecified atom stereocenters. The highest BCUT2D eigenvalue weighted by molar-refractivity contribution is 5.96. The summed E-state index contributed by atoms with van der Waals surface area (Å²) in [6.07, 6.45) is -0.280. The van der Waals surface area contributed by atoms with Crippen molar-refractivity contribution in [2.45, 2.75) is 64.3 Å². The fraction of sp³-hybridized carbons (Fsp3) is 0.765. The van der Waals surface area contributed by atoms with E-state index in [0.29, 0.717) is 25.8 Å². The lowest BCUT2D eigenvalue weighted by Gasteiger charge is -2.30. The monoisotopic (exact) mass is 370 g/mol. The summed E-state index contributed by atoms with van der Waals surface area (Å²) < 4.78 is 9.87. The molecule has 2 heterocycles. The maximum Gasteiger partial charge on any atom is 0.338 e. The van der Waals surface area contributed by atoms with Crippen LogP contribution in [-0.2, 0) is 28.7 Å². The largest absolute Gasteiger partial charge is 0.480 e. The molecule has 146 valence electrons. The maximum absolute atomic E-state index is 12.9. The van der Waals surface area contributed by atoms with Crippen molar-refractivity contribution in [2.24, 2.45) is 5.92 Å². The Labute approximate surface area is 152 Å². The van der Waals surface area contributed by atoms with Gasteiger partial charge in [-0.1, -0.05) is 20.3 Å². The Kier molecular flexibility index (Phi) is 6.57. The molecule has 2 amide bonds. The second-order valence-electron chi connectivity index (χ2n) is 6.63. The minimum absolute atomic E-state index is 0.187. The molecule has 0 spiro atoms. The van der Waals surface area contributed by atoms with Gasteiger partial charge in [0.1, 0.15) is 12.1 Å². The van der Waals surface area contributed by atoms with Crippen LogP contribution in [0.3, 0.4) is 0 Å². The number of hydrogen-bond acceptors (Lipinski definition) is 6. The first-order valence-electron chi connectivity index (χ1n) is 8.97. The van der Waals surface area contributed by atoms with Crippen LogP contribution in [0.1, 0.15) is 40.0 Å². The van der Waals surface area contributed by atoms with E-state index in [1.807, 2.05) is 13.8 Å². The highest BCUT2D eigenvalue weighted by Gasteiger charge is 2.52. The molecule has 2 fully saturated rings. The summed E-state index contributed by atoms with van der Waals surface area (Å²) >= 11 is 0. The van der Waals surface area contributed by atoms with Crippen molar-refractivity contribution in [1.29, 1.82) is 0 Å². The molecule has 2 rings (SSSR count). The van der Waals surface area contributed by atoms with Crippen LogP contribution >= 0.6 is 0 Å². The van der Waals surface area contributed by atoms with Gasteiger partial charge < -0.3 is 24.8 Å². The molecule has 2 saturated heterocycles. The number of rotatable bonds is 8. The van der Waals surface area contributed by atoms with Gasteiger partial charge in [-0.3, -0.25) is 9.59 Å². The zero-order valence-corrected chi connectivity index (χ0v) is 15.3. The number of ether oxygens (including phenoxy) is 2. The van der Waals surface area contributed by atoms with Gasteiger partial charge in [0, 0.05) is 6.54 Å². The number of carboxylic acid groups (broad SMARTS) is 1. The molecule has 0 aromatic heterocycles. The Morgan fingerprint density at radius 1 is 1.27 bits per heavy atom. The van der Waals surface area contributed by atoms with Gasteiger partial charge in [0.05, 0.1) is 6.61 Å². The number of carboxylic acids is 1. The predicted octanol–water partition coefficient (Wildman–Crippen LogP) is -0.0766. The van der Waals surface area contributed by atoms with Crippen LogP contribution in [0.4, 0.5) is 0 Å². The molecule has 9 heteroatoms. The van der Waals surface area contributed by atoms with E-state index in [0.717, 1.165) is 0 Å². The summed E-state index contributed by atoms with van der Waals surface area (Å²) in [7, 11) is 0. The molecular weight excluding hydrogens is 344 g/mol. The molecule has 2 aliphatic rings. The number of carbonyl (C=O) groups is 4. The average Bonchev–Trinajstić information content (AvgIpc) is 3.26. The van der Waals surface area contributed by atoms with E-state index in [2.05, 4.69) is 5.32 Å². The fourth-order valence-electron chi connectivity index (χ4n) is 3.10. The predicted molar refractivity (Wildman–Crippen MR) is 89.1 cm³/mol. The van der Waals surface area contributed by atoms with Crippen molar-refractivity contribution in [3.05, 3.63) is 0 Å². The van der Waals surface area contributed by atoms with E-state index >= 15 is 0 Å². The van der Waals surface area contributed by atoms with Crippen LogP contribution in [0.25, 0.3) is 0 Å². The number of carbonyl (C=O) groups excluding carboxylic acids is 3. The maximum atomic E-state index is 12.9. The number of aliphatic carboxylic acids is 1. The topological polar surface area (TPSA) is 126 Å². The molecule has 0 aromatic rings. The van der Waals surface area contributed by atoms with Crippen LogP contribution in [-0.4, -0.2) is 71.2 Å². The standard InChI is InChI=1S/C17H26N2O7/c1-4-9(3)11(15(21)19-8-6-7-10(19)16(22)23)18-14(20)12-13(26-12)17(24)25-5-2/h9-13H,4-8H2,1-3H3,(H,18,20)(H,22,23)/t9?,10?,11?,12-,13-/m0/s1. The molecule has 0 saturated carbocycles. The molecule has 2 aliphatic heterocycles. The minimum Gasteiger partial charge on any atom is -0.480 e. The van der Waals surface area contributed by atoms with Crippen LogP contribution in [0.2, 0.25) is 0 Å². The second-order valence-corrected chi connectivity index (χ2v) is 6.63. The first-order chi connectivity index (χ1) is 12.3. The molecule has 0 bridgehead atoms.